The first-order valence-corrected chi connectivity index (χ1v) is 6.50. The standard InChI is InChI=1S/C12H23N3O2/c1-10(16)14-11-2-6-15(7-3-11)9-12(17)4-5-13-8-12/h11,13,17H,2-9H2,1H3,(H,14,16)/t12-/m0/s1. The molecule has 2 rings (SSSR count). The molecule has 5 nitrogen and oxygen atoms in total. The minimum Gasteiger partial charge on any atom is -0.387 e. The molecule has 2 aliphatic rings. The molecule has 98 valence electrons. The number of nitrogens with one attached hydrogen (secondary N) is 2. The maximum atomic E-state index is 11.0. The van der Waals surface area contributed by atoms with E-state index in [4.69, 9.17) is 0 Å². The number of hydrogen-bond acceptors (Lipinski definition) is 4. The van der Waals surface area contributed by atoms with E-state index >= 15 is 0 Å². The van der Waals surface area contributed by atoms with Gasteiger partial charge >= 0.3 is 0 Å². The second-order valence-electron chi connectivity index (χ2n) is 5.40. The normalized spacial score (nSPS) is 31.6. The molecular formula is C12H23N3O2. The molecule has 0 aromatic rings. The molecule has 1 amide bonds. The van der Waals surface area contributed by atoms with Gasteiger partial charge in [-0.1, -0.05) is 0 Å². The Morgan fingerprint density at radius 3 is 2.76 bits per heavy atom. The highest BCUT2D eigenvalue weighted by molar-refractivity contribution is 5.73. The van der Waals surface area contributed by atoms with E-state index in [1.54, 1.807) is 6.92 Å². The molecule has 0 aromatic heterocycles. The number of amides is 1. The number of nitrogens with zero attached hydrogens (tertiary/aromatic N) is 1. The number of aliphatic hydroxyl groups is 1. The molecule has 0 saturated carbocycles. The second-order valence-corrected chi connectivity index (χ2v) is 5.40. The zero-order chi connectivity index (χ0) is 12.3. The minimum atomic E-state index is -0.541. The van der Waals surface area contributed by atoms with E-state index in [9.17, 15) is 9.90 Å². The van der Waals surface area contributed by atoms with Crippen molar-refractivity contribution in [1.29, 1.82) is 0 Å². The summed E-state index contributed by atoms with van der Waals surface area (Å²) in [6.45, 7) is 5.88. The van der Waals surface area contributed by atoms with Gasteiger partial charge < -0.3 is 20.6 Å². The van der Waals surface area contributed by atoms with Crippen molar-refractivity contribution in [3.63, 3.8) is 0 Å². The lowest BCUT2D eigenvalue weighted by atomic mass is 9.99. The average molecular weight is 241 g/mol. The van der Waals surface area contributed by atoms with Gasteiger partial charge in [0.2, 0.25) is 5.91 Å². The van der Waals surface area contributed by atoms with Crippen LogP contribution in [-0.4, -0.2) is 60.3 Å². The van der Waals surface area contributed by atoms with Crippen LogP contribution in [0.5, 0.6) is 0 Å². The summed E-state index contributed by atoms with van der Waals surface area (Å²) in [5, 5.41) is 16.4. The van der Waals surface area contributed by atoms with Crippen LogP contribution in [0, 0.1) is 0 Å². The van der Waals surface area contributed by atoms with Gasteiger partial charge in [-0.3, -0.25) is 4.79 Å². The fourth-order valence-corrected chi connectivity index (χ4v) is 2.80. The summed E-state index contributed by atoms with van der Waals surface area (Å²) in [5.74, 6) is 0.0575. The van der Waals surface area contributed by atoms with Gasteiger partial charge in [-0.25, -0.2) is 0 Å². The molecule has 0 aromatic carbocycles. The van der Waals surface area contributed by atoms with Crippen molar-refractivity contribution in [1.82, 2.24) is 15.5 Å². The smallest absolute Gasteiger partial charge is 0.217 e. The molecule has 3 N–H and O–H groups in total. The quantitative estimate of drug-likeness (QED) is 0.612. The second kappa shape index (κ2) is 5.33. The third-order valence-corrected chi connectivity index (χ3v) is 3.73. The summed E-state index contributed by atoms with van der Waals surface area (Å²) in [4.78, 5) is 13.3. The van der Waals surface area contributed by atoms with Crippen LogP contribution in [0.4, 0.5) is 0 Å². The average Bonchev–Trinajstić information content (AvgIpc) is 2.67. The molecule has 0 unspecified atom stereocenters. The van der Waals surface area contributed by atoms with Crippen LogP contribution in [0.2, 0.25) is 0 Å². The first-order chi connectivity index (χ1) is 8.07. The third-order valence-electron chi connectivity index (χ3n) is 3.73. The fourth-order valence-electron chi connectivity index (χ4n) is 2.80. The van der Waals surface area contributed by atoms with Crippen LogP contribution in [0.1, 0.15) is 26.2 Å². The molecule has 0 radical (unpaired) electrons. The van der Waals surface area contributed by atoms with Gasteiger partial charge in [0.25, 0.3) is 0 Å². The number of hydrogen-bond donors (Lipinski definition) is 3. The van der Waals surface area contributed by atoms with Crippen molar-refractivity contribution in [3.05, 3.63) is 0 Å². The number of piperidine rings is 1. The van der Waals surface area contributed by atoms with E-state index in [1.807, 2.05) is 0 Å². The molecule has 1 atom stereocenters. The molecular weight excluding hydrogens is 218 g/mol. The van der Waals surface area contributed by atoms with Crippen molar-refractivity contribution in [2.24, 2.45) is 0 Å². The zero-order valence-corrected chi connectivity index (χ0v) is 10.5. The maximum absolute atomic E-state index is 11.0. The highest BCUT2D eigenvalue weighted by atomic mass is 16.3. The van der Waals surface area contributed by atoms with Crippen molar-refractivity contribution < 1.29 is 9.90 Å². The lowest BCUT2D eigenvalue weighted by Crippen LogP contribution is -2.50. The SMILES string of the molecule is CC(=O)NC1CCN(C[C@]2(O)CCNC2)CC1. The first-order valence-electron chi connectivity index (χ1n) is 6.50. The minimum absolute atomic E-state index is 0.0575. The number of carbonyl (C=O) groups excluding carboxylic acids is 1. The summed E-state index contributed by atoms with van der Waals surface area (Å²) in [7, 11) is 0. The van der Waals surface area contributed by atoms with Gasteiger partial charge in [0.15, 0.2) is 0 Å². The number of carbonyl (C=O) groups is 1. The molecule has 0 aliphatic carbocycles. The first kappa shape index (κ1) is 12.8. The lowest BCUT2D eigenvalue weighted by molar-refractivity contribution is -0.120. The van der Waals surface area contributed by atoms with Crippen LogP contribution < -0.4 is 10.6 Å². The van der Waals surface area contributed by atoms with Gasteiger partial charge in [0.1, 0.15) is 0 Å². The summed E-state index contributed by atoms with van der Waals surface area (Å²) < 4.78 is 0. The Morgan fingerprint density at radius 2 is 2.24 bits per heavy atom. The lowest BCUT2D eigenvalue weighted by Gasteiger charge is -2.36. The number of β-amino-alcohol motifs (C(OH)–C–C–N with tert-alkyl or cyclic N) is 1. The molecule has 2 aliphatic heterocycles. The Balaban J connectivity index is 1.73. The summed E-state index contributed by atoms with van der Waals surface area (Å²) in [5.41, 5.74) is -0.541. The molecule has 2 saturated heterocycles. The van der Waals surface area contributed by atoms with Crippen molar-refractivity contribution in [2.45, 2.75) is 37.8 Å². The molecule has 0 spiro atoms. The van der Waals surface area contributed by atoms with E-state index in [-0.39, 0.29) is 5.91 Å². The van der Waals surface area contributed by atoms with Gasteiger partial charge in [-0.2, -0.15) is 0 Å². The Bertz CT molecular complexity index is 269. The summed E-state index contributed by atoms with van der Waals surface area (Å²) >= 11 is 0. The van der Waals surface area contributed by atoms with E-state index < -0.39 is 5.60 Å². The number of rotatable bonds is 3. The fraction of sp³-hybridized carbons (Fsp3) is 0.917. The monoisotopic (exact) mass is 241 g/mol. The van der Waals surface area contributed by atoms with Crippen LogP contribution in [-0.2, 0) is 4.79 Å². The predicted molar refractivity (Wildman–Crippen MR) is 65.7 cm³/mol. The van der Waals surface area contributed by atoms with E-state index in [2.05, 4.69) is 15.5 Å². The largest absolute Gasteiger partial charge is 0.387 e. The van der Waals surface area contributed by atoms with Crippen molar-refractivity contribution >= 4 is 5.91 Å². The van der Waals surface area contributed by atoms with E-state index in [0.29, 0.717) is 12.6 Å². The number of likely N-dealkylation sites (tertiary alicyclic amines) is 1. The third kappa shape index (κ3) is 3.66. The Morgan fingerprint density at radius 1 is 1.53 bits per heavy atom. The van der Waals surface area contributed by atoms with Crippen molar-refractivity contribution in [3.8, 4) is 0 Å². The summed E-state index contributed by atoms with van der Waals surface area (Å²) in [6, 6.07) is 0.320. The van der Waals surface area contributed by atoms with E-state index in [0.717, 1.165) is 45.4 Å². The van der Waals surface area contributed by atoms with Crippen molar-refractivity contribution in [2.75, 3.05) is 32.7 Å². The Labute approximate surface area is 103 Å². The van der Waals surface area contributed by atoms with Crippen LogP contribution in [0.15, 0.2) is 0 Å². The molecule has 2 fully saturated rings. The van der Waals surface area contributed by atoms with Crippen LogP contribution >= 0.6 is 0 Å². The zero-order valence-electron chi connectivity index (χ0n) is 10.5. The summed E-state index contributed by atoms with van der Waals surface area (Å²) in [6.07, 6.45) is 2.82. The van der Waals surface area contributed by atoms with Crippen LogP contribution in [0.25, 0.3) is 0 Å². The Kier molecular flexibility index (Phi) is 4.01. The van der Waals surface area contributed by atoms with Gasteiger partial charge in [0, 0.05) is 39.1 Å². The topological polar surface area (TPSA) is 64.6 Å². The highest BCUT2D eigenvalue weighted by Gasteiger charge is 2.34. The van der Waals surface area contributed by atoms with Gasteiger partial charge in [0.05, 0.1) is 5.60 Å². The molecule has 17 heavy (non-hydrogen) atoms. The van der Waals surface area contributed by atoms with Gasteiger partial charge in [-0.15, -0.1) is 0 Å². The van der Waals surface area contributed by atoms with E-state index in [1.165, 1.54) is 0 Å². The van der Waals surface area contributed by atoms with Crippen LogP contribution in [0.3, 0.4) is 0 Å². The Hall–Kier alpha value is -0.650. The molecule has 0 bridgehead atoms. The maximum Gasteiger partial charge on any atom is 0.217 e. The highest BCUT2D eigenvalue weighted by Crippen LogP contribution is 2.19. The molecule has 5 heteroatoms. The van der Waals surface area contributed by atoms with Gasteiger partial charge in [-0.05, 0) is 25.8 Å². The molecule has 2 heterocycles. The predicted octanol–water partition coefficient (Wildman–Crippen LogP) is -0.689.